The van der Waals surface area contributed by atoms with Gasteiger partial charge in [-0.25, -0.2) is 8.78 Å². The van der Waals surface area contributed by atoms with Crippen molar-refractivity contribution < 1.29 is 8.78 Å². The molecule has 4 heteroatoms. The van der Waals surface area contributed by atoms with Crippen molar-refractivity contribution in [1.82, 2.24) is 4.90 Å². The highest BCUT2D eigenvalue weighted by molar-refractivity contribution is 5.44. The van der Waals surface area contributed by atoms with E-state index in [-0.39, 0.29) is 0 Å². The summed E-state index contributed by atoms with van der Waals surface area (Å²) in [5.74, 6) is -1.58. The largest absolute Gasteiger partial charge is 0.382 e. The van der Waals surface area contributed by atoms with Gasteiger partial charge in [0.2, 0.25) is 0 Å². The molecule has 0 aliphatic carbocycles. The summed E-state index contributed by atoms with van der Waals surface area (Å²) in [6.07, 6.45) is 3.28. The van der Waals surface area contributed by atoms with Gasteiger partial charge in [0.15, 0.2) is 11.6 Å². The Morgan fingerprint density at radius 2 is 2.06 bits per heavy atom. The van der Waals surface area contributed by atoms with E-state index in [9.17, 15) is 8.78 Å². The van der Waals surface area contributed by atoms with Crippen molar-refractivity contribution in [3.63, 3.8) is 0 Å². The number of benzene rings is 1. The number of anilines is 1. The monoisotopic (exact) mass is 254 g/mol. The third kappa shape index (κ3) is 3.42. The second kappa shape index (κ2) is 6.14. The van der Waals surface area contributed by atoms with Crippen LogP contribution in [0.25, 0.3) is 0 Å². The molecule has 1 aliphatic rings. The molecular formula is C14H20F2N2. The summed E-state index contributed by atoms with van der Waals surface area (Å²) in [6, 6.07) is 4.36. The zero-order valence-electron chi connectivity index (χ0n) is 10.8. The minimum atomic E-state index is -0.793. The molecule has 1 aromatic rings. The highest BCUT2D eigenvalue weighted by Gasteiger charge is 2.16. The Kier molecular flexibility index (Phi) is 4.53. The second-order valence-electron chi connectivity index (χ2n) is 4.84. The number of hydrogen-bond acceptors (Lipinski definition) is 2. The molecule has 1 aromatic carbocycles. The summed E-state index contributed by atoms with van der Waals surface area (Å²) in [5.41, 5.74) is 0.670. The van der Waals surface area contributed by atoms with Gasteiger partial charge >= 0.3 is 0 Å². The topological polar surface area (TPSA) is 15.3 Å². The van der Waals surface area contributed by atoms with Crippen molar-refractivity contribution in [3.05, 3.63) is 29.8 Å². The number of likely N-dealkylation sites (tertiary alicyclic amines) is 1. The van der Waals surface area contributed by atoms with E-state index in [0.717, 1.165) is 38.9 Å². The maximum atomic E-state index is 13.1. The van der Waals surface area contributed by atoms with E-state index in [1.54, 1.807) is 6.07 Å². The SMILES string of the molecule is CCN1CCCC(Nc2ccc(F)c(F)c2)CC1. The molecule has 1 saturated heterocycles. The van der Waals surface area contributed by atoms with Crippen LogP contribution in [0.15, 0.2) is 18.2 Å². The molecule has 1 unspecified atom stereocenters. The summed E-state index contributed by atoms with van der Waals surface area (Å²) >= 11 is 0. The highest BCUT2D eigenvalue weighted by atomic mass is 19.2. The Bertz CT molecular complexity index is 395. The molecule has 0 saturated carbocycles. The van der Waals surface area contributed by atoms with Gasteiger partial charge in [0, 0.05) is 24.3 Å². The molecule has 0 radical (unpaired) electrons. The zero-order chi connectivity index (χ0) is 13.0. The first kappa shape index (κ1) is 13.3. The summed E-state index contributed by atoms with van der Waals surface area (Å²) < 4.78 is 25.9. The Labute approximate surface area is 107 Å². The van der Waals surface area contributed by atoms with Crippen molar-refractivity contribution in [1.29, 1.82) is 0 Å². The van der Waals surface area contributed by atoms with E-state index in [1.807, 2.05) is 0 Å². The van der Waals surface area contributed by atoms with Crippen LogP contribution in [0.4, 0.5) is 14.5 Å². The first-order chi connectivity index (χ1) is 8.69. The van der Waals surface area contributed by atoms with E-state index in [4.69, 9.17) is 0 Å². The summed E-state index contributed by atoms with van der Waals surface area (Å²) in [6.45, 7) is 5.45. The number of nitrogens with one attached hydrogen (secondary N) is 1. The molecule has 2 nitrogen and oxygen atoms in total. The quantitative estimate of drug-likeness (QED) is 0.890. The molecule has 1 heterocycles. The van der Waals surface area contributed by atoms with E-state index < -0.39 is 11.6 Å². The van der Waals surface area contributed by atoms with Crippen LogP contribution in [-0.4, -0.2) is 30.6 Å². The lowest BCUT2D eigenvalue weighted by Crippen LogP contribution is -2.26. The maximum absolute atomic E-state index is 13.1. The molecule has 1 fully saturated rings. The molecule has 1 atom stereocenters. The summed E-state index contributed by atoms with van der Waals surface area (Å²) in [5, 5.41) is 3.30. The zero-order valence-corrected chi connectivity index (χ0v) is 10.8. The number of rotatable bonds is 3. The van der Waals surface area contributed by atoms with Gasteiger partial charge in [0.05, 0.1) is 0 Å². The molecule has 0 aromatic heterocycles. The van der Waals surface area contributed by atoms with E-state index in [2.05, 4.69) is 17.1 Å². The highest BCUT2D eigenvalue weighted by Crippen LogP contribution is 2.18. The van der Waals surface area contributed by atoms with Gasteiger partial charge in [-0.1, -0.05) is 6.92 Å². The Balaban J connectivity index is 1.94. The van der Waals surface area contributed by atoms with E-state index >= 15 is 0 Å². The fourth-order valence-electron chi connectivity index (χ4n) is 2.44. The molecule has 0 bridgehead atoms. The summed E-state index contributed by atoms with van der Waals surface area (Å²) in [4.78, 5) is 2.42. The minimum Gasteiger partial charge on any atom is -0.382 e. The van der Waals surface area contributed by atoms with Gasteiger partial charge in [-0.15, -0.1) is 0 Å². The molecule has 100 valence electrons. The Morgan fingerprint density at radius 1 is 1.22 bits per heavy atom. The average molecular weight is 254 g/mol. The fraction of sp³-hybridized carbons (Fsp3) is 0.571. The van der Waals surface area contributed by atoms with Crippen molar-refractivity contribution in [2.24, 2.45) is 0 Å². The van der Waals surface area contributed by atoms with Crippen LogP contribution < -0.4 is 5.32 Å². The lowest BCUT2D eigenvalue weighted by Gasteiger charge is -2.19. The van der Waals surface area contributed by atoms with Crippen molar-refractivity contribution in [2.45, 2.75) is 32.2 Å². The molecule has 0 amide bonds. The van der Waals surface area contributed by atoms with Gasteiger partial charge in [0.25, 0.3) is 0 Å². The summed E-state index contributed by atoms with van der Waals surface area (Å²) in [7, 11) is 0. The standard InChI is InChI=1S/C14H20F2N2/c1-2-18-8-3-4-11(7-9-18)17-12-5-6-13(15)14(16)10-12/h5-6,10-11,17H,2-4,7-9H2,1H3. The van der Waals surface area contributed by atoms with Crippen LogP contribution in [0.5, 0.6) is 0 Å². The first-order valence-corrected chi connectivity index (χ1v) is 6.63. The number of nitrogens with zero attached hydrogens (tertiary/aromatic N) is 1. The normalized spacial score (nSPS) is 21.6. The third-order valence-electron chi connectivity index (χ3n) is 3.56. The van der Waals surface area contributed by atoms with Crippen molar-refractivity contribution >= 4 is 5.69 Å². The number of hydrogen-bond donors (Lipinski definition) is 1. The van der Waals surface area contributed by atoms with E-state index in [1.165, 1.54) is 12.1 Å². The van der Waals surface area contributed by atoms with Gasteiger partial charge in [-0.2, -0.15) is 0 Å². The molecule has 2 rings (SSSR count). The number of halogens is 2. The second-order valence-corrected chi connectivity index (χ2v) is 4.84. The smallest absolute Gasteiger partial charge is 0.160 e. The Morgan fingerprint density at radius 3 is 2.78 bits per heavy atom. The van der Waals surface area contributed by atoms with Crippen LogP contribution in [-0.2, 0) is 0 Å². The van der Waals surface area contributed by atoms with Crippen LogP contribution in [0.2, 0.25) is 0 Å². The van der Waals surface area contributed by atoms with Gasteiger partial charge in [-0.3, -0.25) is 0 Å². The van der Waals surface area contributed by atoms with Gasteiger partial charge < -0.3 is 10.2 Å². The van der Waals surface area contributed by atoms with Gasteiger partial charge in [-0.05, 0) is 44.5 Å². The molecular weight excluding hydrogens is 234 g/mol. The van der Waals surface area contributed by atoms with Crippen LogP contribution in [0.1, 0.15) is 26.2 Å². The average Bonchev–Trinajstić information content (AvgIpc) is 2.59. The molecule has 18 heavy (non-hydrogen) atoms. The van der Waals surface area contributed by atoms with E-state index in [0.29, 0.717) is 11.7 Å². The Hall–Kier alpha value is -1.16. The molecule has 0 spiro atoms. The lowest BCUT2D eigenvalue weighted by molar-refractivity contribution is 0.300. The predicted octanol–water partition coefficient (Wildman–Crippen LogP) is 3.25. The van der Waals surface area contributed by atoms with Crippen LogP contribution >= 0.6 is 0 Å². The minimum absolute atomic E-state index is 0.353. The van der Waals surface area contributed by atoms with Crippen LogP contribution in [0.3, 0.4) is 0 Å². The van der Waals surface area contributed by atoms with Gasteiger partial charge in [0.1, 0.15) is 0 Å². The molecule has 1 N–H and O–H groups in total. The van der Waals surface area contributed by atoms with Crippen molar-refractivity contribution in [2.75, 3.05) is 25.0 Å². The lowest BCUT2D eigenvalue weighted by atomic mass is 10.1. The van der Waals surface area contributed by atoms with Crippen LogP contribution in [0, 0.1) is 11.6 Å². The van der Waals surface area contributed by atoms with Crippen molar-refractivity contribution in [3.8, 4) is 0 Å². The predicted molar refractivity (Wildman–Crippen MR) is 69.7 cm³/mol. The molecule has 1 aliphatic heterocycles. The maximum Gasteiger partial charge on any atom is 0.160 e. The first-order valence-electron chi connectivity index (χ1n) is 6.63. The third-order valence-corrected chi connectivity index (χ3v) is 3.56. The fourth-order valence-corrected chi connectivity index (χ4v) is 2.44.